The van der Waals surface area contributed by atoms with E-state index in [2.05, 4.69) is 0 Å². The SMILES string of the molecule is CCC(CN(C)c1cc(F)ccc1F)C(=O)O. The third-order valence-electron chi connectivity index (χ3n) is 2.66. The molecule has 1 rings (SSSR count). The average Bonchev–Trinajstić information content (AvgIpc) is 2.28. The van der Waals surface area contributed by atoms with Gasteiger partial charge in [-0.15, -0.1) is 0 Å². The van der Waals surface area contributed by atoms with Crippen molar-refractivity contribution >= 4 is 11.7 Å². The molecular formula is C12H15F2NO2. The molecule has 1 N–H and O–H groups in total. The van der Waals surface area contributed by atoms with Gasteiger partial charge in [-0.05, 0) is 18.6 Å². The Morgan fingerprint density at radius 3 is 2.65 bits per heavy atom. The Kier molecular flexibility index (Phi) is 4.43. The van der Waals surface area contributed by atoms with Gasteiger partial charge in [0, 0.05) is 19.7 Å². The molecular weight excluding hydrogens is 228 g/mol. The highest BCUT2D eigenvalue weighted by molar-refractivity contribution is 5.71. The monoisotopic (exact) mass is 243 g/mol. The van der Waals surface area contributed by atoms with Crippen molar-refractivity contribution in [1.82, 2.24) is 0 Å². The number of nitrogens with zero attached hydrogens (tertiary/aromatic N) is 1. The molecule has 0 aliphatic rings. The van der Waals surface area contributed by atoms with Gasteiger partial charge in [0.15, 0.2) is 0 Å². The smallest absolute Gasteiger partial charge is 0.308 e. The molecule has 1 unspecified atom stereocenters. The molecule has 0 heterocycles. The molecule has 1 aromatic rings. The second-order valence-electron chi connectivity index (χ2n) is 3.92. The molecule has 0 aromatic heterocycles. The Hall–Kier alpha value is -1.65. The van der Waals surface area contributed by atoms with Crippen LogP contribution in [0.3, 0.4) is 0 Å². The summed E-state index contributed by atoms with van der Waals surface area (Å²) in [6, 6.07) is 3.12. The number of benzene rings is 1. The van der Waals surface area contributed by atoms with Gasteiger partial charge in [-0.3, -0.25) is 4.79 Å². The summed E-state index contributed by atoms with van der Waals surface area (Å²) < 4.78 is 26.4. The predicted molar refractivity (Wildman–Crippen MR) is 61.0 cm³/mol. The number of aliphatic carboxylic acids is 1. The Labute approximate surface area is 98.7 Å². The predicted octanol–water partition coefficient (Wildman–Crippen LogP) is 2.51. The molecule has 0 spiro atoms. The molecule has 0 aliphatic carbocycles. The third kappa shape index (κ3) is 3.41. The van der Waals surface area contributed by atoms with Crippen molar-refractivity contribution in [2.75, 3.05) is 18.5 Å². The number of carbonyl (C=O) groups is 1. The van der Waals surface area contributed by atoms with Gasteiger partial charge in [-0.25, -0.2) is 8.78 Å². The molecule has 0 bridgehead atoms. The lowest BCUT2D eigenvalue weighted by molar-refractivity contribution is -0.141. The summed E-state index contributed by atoms with van der Waals surface area (Å²) in [5.41, 5.74) is 0.0738. The fourth-order valence-electron chi connectivity index (χ4n) is 1.59. The molecule has 5 heteroatoms. The number of carboxylic acids is 1. The summed E-state index contributed by atoms with van der Waals surface area (Å²) in [4.78, 5) is 12.3. The quantitative estimate of drug-likeness (QED) is 0.863. The highest BCUT2D eigenvalue weighted by Crippen LogP contribution is 2.20. The van der Waals surface area contributed by atoms with Gasteiger partial charge in [-0.2, -0.15) is 0 Å². The Balaban J connectivity index is 2.85. The van der Waals surface area contributed by atoms with Crippen LogP contribution in [0.25, 0.3) is 0 Å². The minimum Gasteiger partial charge on any atom is -0.481 e. The maximum Gasteiger partial charge on any atom is 0.308 e. The maximum absolute atomic E-state index is 13.4. The van der Waals surface area contributed by atoms with Crippen LogP contribution < -0.4 is 4.90 Å². The molecule has 17 heavy (non-hydrogen) atoms. The molecule has 0 amide bonds. The number of halogens is 2. The summed E-state index contributed by atoms with van der Waals surface area (Å²) in [6.07, 6.45) is 0.441. The Morgan fingerprint density at radius 1 is 1.47 bits per heavy atom. The van der Waals surface area contributed by atoms with Gasteiger partial charge in [0.2, 0.25) is 0 Å². The molecule has 1 aromatic carbocycles. The van der Waals surface area contributed by atoms with Crippen LogP contribution in [0.4, 0.5) is 14.5 Å². The minimum atomic E-state index is -0.934. The topological polar surface area (TPSA) is 40.5 Å². The lowest BCUT2D eigenvalue weighted by Crippen LogP contribution is -2.30. The highest BCUT2D eigenvalue weighted by atomic mass is 19.1. The standard InChI is InChI=1S/C12H15F2NO2/c1-3-8(12(16)17)7-15(2)11-6-9(13)4-5-10(11)14/h4-6,8H,3,7H2,1-2H3,(H,16,17). The number of carboxylic acid groups (broad SMARTS) is 1. The Bertz CT molecular complexity index is 409. The first-order valence-electron chi connectivity index (χ1n) is 5.34. The number of hydrogen-bond acceptors (Lipinski definition) is 2. The van der Waals surface area contributed by atoms with Crippen molar-refractivity contribution in [2.24, 2.45) is 5.92 Å². The van der Waals surface area contributed by atoms with E-state index < -0.39 is 23.5 Å². The molecule has 0 radical (unpaired) electrons. The normalized spacial score (nSPS) is 12.2. The first-order valence-corrected chi connectivity index (χ1v) is 5.34. The van der Waals surface area contributed by atoms with Crippen LogP contribution in [-0.2, 0) is 4.79 Å². The van der Waals surface area contributed by atoms with E-state index in [1.165, 1.54) is 4.90 Å². The van der Waals surface area contributed by atoms with E-state index in [9.17, 15) is 13.6 Å². The largest absolute Gasteiger partial charge is 0.481 e. The number of hydrogen-bond donors (Lipinski definition) is 1. The number of anilines is 1. The van der Waals surface area contributed by atoms with Crippen molar-refractivity contribution in [2.45, 2.75) is 13.3 Å². The fraction of sp³-hybridized carbons (Fsp3) is 0.417. The summed E-state index contributed by atoms with van der Waals surface area (Å²) in [6.45, 7) is 1.89. The highest BCUT2D eigenvalue weighted by Gasteiger charge is 2.19. The molecule has 0 fully saturated rings. The van der Waals surface area contributed by atoms with Crippen LogP contribution >= 0.6 is 0 Å². The average molecular weight is 243 g/mol. The molecule has 0 saturated carbocycles. The summed E-state index contributed by atoms with van der Waals surface area (Å²) in [5, 5.41) is 8.90. The Morgan fingerprint density at radius 2 is 2.12 bits per heavy atom. The van der Waals surface area contributed by atoms with Crippen molar-refractivity contribution in [3.8, 4) is 0 Å². The van der Waals surface area contributed by atoms with Crippen molar-refractivity contribution in [3.05, 3.63) is 29.8 Å². The summed E-state index contributed by atoms with van der Waals surface area (Å²) in [7, 11) is 1.55. The first kappa shape index (κ1) is 13.4. The first-order chi connectivity index (χ1) is 7.95. The second kappa shape index (κ2) is 5.61. The van der Waals surface area contributed by atoms with E-state index in [0.717, 1.165) is 18.2 Å². The van der Waals surface area contributed by atoms with Gasteiger partial charge in [0.25, 0.3) is 0 Å². The van der Waals surface area contributed by atoms with E-state index in [0.29, 0.717) is 6.42 Å². The van der Waals surface area contributed by atoms with Gasteiger partial charge >= 0.3 is 5.97 Å². The van der Waals surface area contributed by atoms with E-state index >= 15 is 0 Å². The fourth-order valence-corrected chi connectivity index (χ4v) is 1.59. The molecule has 0 saturated heterocycles. The van der Waals surface area contributed by atoms with Crippen molar-refractivity contribution in [3.63, 3.8) is 0 Å². The van der Waals surface area contributed by atoms with Gasteiger partial charge in [0.1, 0.15) is 11.6 Å². The van der Waals surface area contributed by atoms with E-state index in [4.69, 9.17) is 5.11 Å². The van der Waals surface area contributed by atoms with Gasteiger partial charge < -0.3 is 10.0 Å². The second-order valence-corrected chi connectivity index (χ2v) is 3.92. The van der Waals surface area contributed by atoms with E-state index in [-0.39, 0.29) is 12.2 Å². The zero-order chi connectivity index (χ0) is 13.0. The zero-order valence-electron chi connectivity index (χ0n) is 9.78. The molecule has 1 atom stereocenters. The van der Waals surface area contributed by atoms with E-state index in [1.807, 2.05) is 0 Å². The number of rotatable bonds is 5. The summed E-state index contributed by atoms with van der Waals surface area (Å²) in [5.74, 6) is -2.63. The van der Waals surface area contributed by atoms with Gasteiger partial charge in [0.05, 0.1) is 11.6 Å². The zero-order valence-corrected chi connectivity index (χ0v) is 9.78. The van der Waals surface area contributed by atoms with Crippen LogP contribution in [0.15, 0.2) is 18.2 Å². The van der Waals surface area contributed by atoms with Crippen LogP contribution in [-0.4, -0.2) is 24.7 Å². The van der Waals surface area contributed by atoms with Crippen LogP contribution in [0, 0.1) is 17.6 Å². The van der Waals surface area contributed by atoms with Crippen LogP contribution in [0.2, 0.25) is 0 Å². The maximum atomic E-state index is 13.4. The van der Waals surface area contributed by atoms with Crippen molar-refractivity contribution < 1.29 is 18.7 Å². The minimum absolute atomic E-state index is 0.0738. The van der Waals surface area contributed by atoms with E-state index in [1.54, 1.807) is 14.0 Å². The lowest BCUT2D eigenvalue weighted by atomic mass is 10.1. The van der Waals surface area contributed by atoms with Crippen molar-refractivity contribution in [1.29, 1.82) is 0 Å². The molecule has 0 aliphatic heterocycles. The van der Waals surface area contributed by atoms with Gasteiger partial charge in [-0.1, -0.05) is 6.92 Å². The molecule has 94 valence electrons. The molecule has 3 nitrogen and oxygen atoms in total. The third-order valence-corrected chi connectivity index (χ3v) is 2.66. The summed E-state index contributed by atoms with van der Waals surface area (Å²) >= 11 is 0. The van der Waals surface area contributed by atoms with Crippen LogP contribution in [0.1, 0.15) is 13.3 Å². The lowest BCUT2D eigenvalue weighted by Gasteiger charge is -2.23. The van der Waals surface area contributed by atoms with Crippen LogP contribution in [0.5, 0.6) is 0 Å².